The Hall–Kier alpha value is -1.50. The van der Waals surface area contributed by atoms with E-state index in [-0.39, 0.29) is 18.2 Å². The van der Waals surface area contributed by atoms with Crippen molar-refractivity contribution in [2.24, 2.45) is 5.92 Å². The summed E-state index contributed by atoms with van der Waals surface area (Å²) in [5, 5.41) is 8.69. The van der Waals surface area contributed by atoms with E-state index in [0.29, 0.717) is 18.8 Å². The first kappa shape index (κ1) is 12.0. The summed E-state index contributed by atoms with van der Waals surface area (Å²) in [5.74, 6) is -0.684. The van der Waals surface area contributed by atoms with Gasteiger partial charge in [-0.1, -0.05) is 0 Å². The summed E-state index contributed by atoms with van der Waals surface area (Å²) in [6.45, 7) is 1.21. The highest BCUT2D eigenvalue weighted by atomic mass is 32.1. The molecule has 1 saturated heterocycles. The summed E-state index contributed by atoms with van der Waals surface area (Å²) in [6, 6.07) is 0. The van der Waals surface area contributed by atoms with E-state index in [0.717, 1.165) is 24.6 Å². The molecule has 2 heterocycles. The van der Waals surface area contributed by atoms with Crippen molar-refractivity contribution in [2.75, 3.05) is 13.1 Å². The van der Waals surface area contributed by atoms with E-state index in [1.807, 2.05) is 0 Å². The van der Waals surface area contributed by atoms with Crippen LogP contribution in [-0.4, -0.2) is 43.7 Å². The minimum Gasteiger partial charge on any atom is -0.481 e. The number of amides is 1. The lowest BCUT2D eigenvalue weighted by atomic mass is 9.93. The summed E-state index contributed by atoms with van der Waals surface area (Å²) in [5.41, 5.74) is 0.381. The Kier molecular flexibility index (Phi) is 3.68. The average molecular weight is 255 g/mol. The molecule has 0 bridgehead atoms. The van der Waals surface area contributed by atoms with Crippen LogP contribution in [0, 0.1) is 5.92 Å². The number of hydrogen-bond donors (Lipinski definition) is 1. The molecular weight excluding hydrogens is 242 g/mol. The van der Waals surface area contributed by atoms with E-state index < -0.39 is 5.97 Å². The fourth-order valence-corrected chi connectivity index (χ4v) is 2.42. The number of nitrogens with zero attached hydrogens (tertiary/aromatic N) is 3. The predicted octanol–water partition coefficient (Wildman–Crippen LogP) is 0.865. The van der Waals surface area contributed by atoms with Gasteiger partial charge < -0.3 is 10.0 Å². The summed E-state index contributed by atoms with van der Waals surface area (Å²) in [4.78, 5) is 24.2. The number of hydrogen-bond acceptors (Lipinski definition) is 5. The van der Waals surface area contributed by atoms with E-state index >= 15 is 0 Å². The van der Waals surface area contributed by atoms with Crippen LogP contribution in [0.1, 0.15) is 29.8 Å². The summed E-state index contributed by atoms with van der Waals surface area (Å²) in [7, 11) is 0. The minimum atomic E-state index is -0.765. The van der Waals surface area contributed by atoms with Crippen molar-refractivity contribution >= 4 is 23.6 Å². The number of carboxylic acid groups (broad SMARTS) is 1. The quantitative estimate of drug-likeness (QED) is 0.866. The number of carboxylic acids is 1. The van der Waals surface area contributed by atoms with E-state index in [1.165, 1.54) is 6.20 Å². The Balaban J connectivity index is 1.87. The molecule has 0 spiro atoms. The van der Waals surface area contributed by atoms with Crippen LogP contribution in [0.4, 0.5) is 0 Å². The SMILES string of the molecule is O=C(O)CC1CCN(C(=O)c2cnsn2)CC1. The first-order chi connectivity index (χ1) is 8.16. The molecule has 0 unspecified atom stereocenters. The first-order valence-electron chi connectivity index (χ1n) is 5.45. The highest BCUT2D eigenvalue weighted by molar-refractivity contribution is 6.99. The van der Waals surface area contributed by atoms with Gasteiger partial charge in [-0.15, -0.1) is 0 Å². The molecule has 0 aromatic carbocycles. The number of aliphatic carboxylic acids is 1. The number of aromatic nitrogens is 2. The summed E-state index contributed by atoms with van der Waals surface area (Å²) in [6.07, 6.45) is 3.15. The Morgan fingerprint density at radius 3 is 2.71 bits per heavy atom. The monoisotopic (exact) mass is 255 g/mol. The zero-order valence-corrected chi connectivity index (χ0v) is 10.0. The van der Waals surface area contributed by atoms with Gasteiger partial charge in [0.25, 0.3) is 5.91 Å². The molecule has 1 aromatic heterocycles. The third kappa shape index (κ3) is 3.00. The van der Waals surface area contributed by atoms with E-state index in [1.54, 1.807) is 4.90 Å². The van der Waals surface area contributed by atoms with Crippen molar-refractivity contribution in [3.63, 3.8) is 0 Å². The number of piperidine rings is 1. The normalized spacial score (nSPS) is 17.1. The van der Waals surface area contributed by atoms with E-state index in [4.69, 9.17) is 5.11 Å². The molecule has 1 amide bonds. The van der Waals surface area contributed by atoms with Crippen LogP contribution in [0.2, 0.25) is 0 Å². The first-order valence-corrected chi connectivity index (χ1v) is 6.18. The maximum Gasteiger partial charge on any atom is 0.303 e. The van der Waals surface area contributed by atoms with Crippen molar-refractivity contribution in [3.8, 4) is 0 Å². The fourth-order valence-electron chi connectivity index (χ4n) is 2.01. The van der Waals surface area contributed by atoms with Gasteiger partial charge in [0.05, 0.1) is 17.9 Å². The second-order valence-electron chi connectivity index (χ2n) is 4.13. The summed E-state index contributed by atoms with van der Waals surface area (Å²) >= 11 is 1.02. The Labute approximate surface area is 103 Å². The van der Waals surface area contributed by atoms with Crippen molar-refractivity contribution in [3.05, 3.63) is 11.9 Å². The lowest BCUT2D eigenvalue weighted by molar-refractivity contribution is -0.138. The van der Waals surface area contributed by atoms with Gasteiger partial charge in [-0.05, 0) is 18.8 Å². The molecule has 2 rings (SSSR count). The molecule has 0 atom stereocenters. The Morgan fingerprint density at radius 2 is 2.18 bits per heavy atom. The molecule has 1 aliphatic heterocycles. The van der Waals surface area contributed by atoms with Gasteiger partial charge in [0.2, 0.25) is 0 Å². The van der Waals surface area contributed by atoms with E-state index in [9.17, 15) is 9.59 Å². The second kappa shape index (κ2) is 5.22. The van der Waals surface area contributed by atoms with Crippen LogP contribution in [0.25, 0.3) is 0 Å². The van der Waals surface area contributed by atoms with E-state index in [2.05, 4.69) is 8.75 Å². The molecule has 92 valence electrons. The predicted molar refractivity (Wildman–Crippen MR) is 60.8 cm³/mol. The molecule has 1 aliphatic rings. The maximum absolute atomic E-state index is 11.9. The second-order valence-corrected chi connectivity index (χ2v) is 4.68. The van der Waals surface area contributed by atoms with Crippen LogP contribution in [-0.2, 0) is 4.79 Å². The molecule has 17 heavy (non-hydrogen) atoms. The van der Waals surface area contributed by atoms with Gasteiger partial charge >= 0.3 is 5.97 Å². The average Bonchev–Trinajstić information content (AvgIpc) is 2.82. The zero-order valence-electron chi connectivity index (χ0n) is 9.20. The largest absolute Gasteiger partial charge is 0.481 e. The molecule has 1 aromatic rings. The van der Waals surface area contributed by atoms with Crippen molar-refractivity contribution in [2.45, 2.75) is 19.3 Å². The molecule has 6 nitrogen and oxygen atoms in total. The topological polar surface area (TPSA) is 83.4 Å². The maximum atomic E-state index is 11.9. The molecule has 0 radical (unpaired) electrons. The van der Waals surface area contributed by atoms with Gasteiger partial charge in [-0.25, -0.2) is 0 Å². The van der Waals surface area contributed by atoms with Crippen LogP contribution < -0.4 is 0 Å². The summed E-state index contributed by atoms with van der Waals surface area (Å²) < 4.78 is 7.70. The molecule has 0 saturated carbocycles. The van der Waals surface area contributed by atoms with Gasteiger partial charge in [-0.2, -0.15) is 8.75 Å². The van der Waals surface area contributed by atoms with Gasteiger partial charge in [-0.3, -0.25) is 9.59 Å². The smallest absolute Gasteiger partial charge is 0.303 e. The van der Waals surface area contributed by atoms with Crippen molar-refractivity contribution < 1.29 is 14.7 Å². The highest BCUT2D eigenvalue weighted by Gasteiger charge is 2.25. The highest BCUT2D eigenvalue weighted by Crippen LogP contribution is 2.21. The zero-order chi connectivity index (χ0) is 12.3. The lowest BCUT2D eigenvalue weighted by Gasteiger charge is -2.30. The molecule has 7 heteroatoms. The Bertz CT molecular complexity index is 399. The van der Waals surface area contributed by atoms with Gasteiger partial charge in [0.15, 0.2) is 5.69 Å². The van der Waals surface area contributed by atoms with Crippen molar-refractivity contribution in [1.82, 2.24) is 13.6 Å². The fraction of sp³-hybridized carbons (Fsp3) is 0.600. The van der Waals surface area contributed by atoms with Crippen molar-refractivity contribution in [1.29, 1.82) is 0 Å². The minimum absolute atomic E-state index is 0.104. The van der Waals surface area contributed by atoms with Crippen LogP contribution >= 0.6 is 11.7 Å². The van der Waals surface area contributed by atoms with Crippen LogP contribution in [0.5, 0.6) is 0 Å². The number of likely N-dealkylation sites (tertiary alicyclic amines) is 1. The number of carbonyl (C=O) groups is 2. The Morgan fingerprint density at radius 1 is 1.47 bits per heavy atom. The van der Waals surface area contributed by atoms with Gasteiger partial charge in [0.1, 0.15) is 0 Å². The molecular formula is C10H13N3O3S. The molecule has 0 aliphatic carbocycles. The standard InChI is InChI=1S/C10H13N3O3S/c14-9(15)5-7-1-3-13(4-2-7)10(16)8-6-11-17-12-8/h6-7H,1-5H2,(H,14,15). The molecule has 1 N–H and O–H groups in total. The number of rotatable bonds is 3. The van der Waals surface area contributed by atoms with Gasteiger partial charge in [0, 0.05) is 19.5 Å². The molecule has 1 fully saturated rings. The number of carbonyl (C=O) groups excluding carboxylic acids is 1. The van der Waals surface area contributed by atoms with Crippen LogP contribution in [0.3, 0.4) is 0 Å². The third-order valence-electron chi connectivity index (χ3n) is 2.95. The van der Waals surface area contributed by atoms with Crippen LogP contribution in [0.15, 0.2) is 6.20 Å². The lowest BCUT2D eigenvalue weighted by Crippen LogP contribution is -2.39. The third-order valence-corrected chi connectivity index (χ3v) is 3.42.